The van der Waals surface area contributed by atoms with Crippen molar-refractivity contribution in [1.29, 1.82) is 0 Å². The number of hydrogen-bond donors (Lipinski definition) is 0. The van der Waals surface area contributed by atoms with E-state index in [0.717, 1.165) is 39.0 Å². The fourth-order valence-electron chi connectivity index (χ4n) is 6.71. The molecule has 0 saturated heterocycles. The first kappa shape index (κ1) is 23.1. The van der Waals surface area contributed by atoms with Crippen LogP contribution in [0.4, 0.5) is 17.1 Å². The number of anilines is 3. The van der Waals surface area contributed by atoms with Gasteiger partial charge >= 0.3 is 0 Å². The van der Waals surface area contributed by atoms with Crippen LogP contribution in [0.15, 0.2) is 156 Å². The Morgan fingerprint density at radius 3 is 1.76 bits per heavy atom. The standard InChI is InChI=1S/C40H25NO/c1-2-13-29(14-3-1)41(30-20-23-37-35(25-30)40-33-17-9-5-11-27(33)19-22-38(40)42-37)36-24-28-12-6-7-15-31(28)34-21-18-26-10-4-8-16-32(26)39(34)36/h1-25H. The minimum atomic E-state index is 0.895. The molecule has 0 N–H and O–H groups in total. The molecule has 0 fully saturated rings. The maximum absolute atomic E-state index is 6.37. The molecule has 8 aromatic carbocycles. The van der Waals surface area contributed by atoms with E-state index in [1.54, 1.807) is 0 Å². The third kappa shape index (κ3) is 3.39. The average molecular weight is 536 g/mol. The molecular weight excluding hydrogens is 510 g/mol. The monoisotopic (exact) mass is 535 g/mol. The highest BCUT2D eigenvalue weighted by atomic mass is 16.3. The second kappa shape index (κ2) is 8.95. The minimum absolute atomic E-state index is 0.895. The van der Waals surface area contributed by atoms with Gasteiger partial charge in [0, 0.05) is 27.5 Å². The Kier molecular flexibility index (Phi) is 4.93. The summed E-state index contributed by atoms with van der Waals surface area (Å²) in [5, 5.41) is 12.2. The summed E-state index contributed by atoms with van der Waals surface area (Å²) >= 11 is 0. The fraction of sp³-hybridized carbons (Fsp3) is 0. The lowest BCUT2D eigenvalue weighted by atomic mass is 9.94. The zero-order valence-corrected chi connectivity index (χ0v) is 22.8. The van der Waals surface area contributed by atoms with Crippen molar-refractivity contribution in [3.05, 3.63) is 152 Å². The third-order valence-corrected chi connectivity index (χ3v) is 8.59. The lowest BCUT2D eigenvalue weighted by Crippen LogP contribution is -2.10. The molecule has 0 radical (unpaired) electrons. The number of fused-ring (bicyclic) bond motifs is 10. The summed E-state index contributed by atoms with van der Waals surface area (Å²) in [6.45, 7) is 0. The Labute approximate surface area is 242 Å². The number of para-hydroxylation sites is 1. The van der Waals surface area contributed by atoms with Crippen LogP contribution in [0.3, 0.4) is 0 Å². The van der Waals surface area contributed by atoms with E-state index in [2.05, 4.69) is 157 Å². The molecular formula is C40H25NO. The van der Waals surface area contributed by atoms with Gasteiger partial charge in [0.15, 0.2) is 0 Å². The van der Waals surface area contributed by atoms with Crippen molar-refractivity contribution in [3.8, 4) is 0 Å². The highest BCUT2D eigenvalue weighted by molar-refractivity contribution is 6.24. The molecule has 0 unspecified atom stereocenters. The molecule has 0 aliphatic carbocycles. The van der Waals surface area contributed by atoms with Gasteiger partial charge < -0.3 is 9.32 Å². The van der Waals surface area contributed by atoms with E-state index in [4.69, 9.17) is 4.42 Å². The van der Waals surface area contributed by atoms with Crippen molar-refractivity contribution >= 4 is 82.1 Å². The van der Waals surface area contributed by atoms with Crippen molar-refractivity contribution < 1.29 is 4.42 Å². The lowest BCUT2D eigenvalue weighted by Gasteiger charge is -2.28. The van der Waals surface area contributed by atoms with E-state index in [1.807, 2.05) is 0 Å². The van der Waals surface area contributed by atoms with E-state index < -0.39 is 0 Å². The molecule has 0 aliphatic rings. The van der Waals surface area contributed by atoms with Gasteiger partial charge in [0.2, 0.25) is 0 Å². The molecule has 0 bridgehead atoms. The first-order valence-electron chi connectivity index (χ1n) is 14.4. The maximum Gasteiger partial charge on any atom is 0.136 e. The van der Waals surface area contributed by atoms with Crippen LogP contribution in [0.25, 0.3) is 65.0 Å². The summed E-state index contributed by atoms with van der Waals surface area (Å²) in [6.07, 6.45) is 0. The molecule has 2 nitrogen and oxygen atoms in total. The van der Waals surface area contributed by atoms with Gasteiger partial charge in [0.25, 0.3) is 0 Å². The quantitative estimate of drug-likeness (QED) is 0.209. The molecule has 9 aromatic rings. The normalized spacial score (nSPS) is 11.8. The molecule has 2 heteroatoms. The van der Waals surface area contributed by atoms with E-state index in [-0.39, 0.29) is 0 Å². The van der Waals surface area contributed by atoms with Crippen molar-refractivity contribution in [2.24, 2.45) is 0 Å². The summed E-state index contributed by atoms with van der Waals surface area (Å²) in [4.78, 5) is 2.41. The molecule has 9 rings (SSSR count). The smallest absolute Gasteiger partial charge is 0.136 e. The van der Waals surface area contributed by atoms with E-state index >= 15 is 0 Å². The number of rotatable bonds is 3. The van der Waals surface area contributed by atoms with Crippen molar-refractivity contribution in [1.82, 2.24) is 0 Å². The first-order valence-corrected chi connectivity index (χ1v) is 14.4. The zero-order valence-electron chi connectivity index (χ0n) is 22.8. The molecule has 0 aliphatic heterocycles. The number of nitrogens with zero attached hydrogens (tertiary/aromatic N) is 1. The van der Waals surface area contributed by atoms with Crippen LogP contribution in [0.5, 0.6) is 0 Å². The van der Waals surface area contributed by atoms with Crippen molar-refractivity contribution in [2.45, 2.75) is 0 Å². The number of benzene rings is 8. The first-order chi connectivity index (χ1) is 20.8. The zero-order chi connectivity index (χ0) is 27.6. The molecule has 196 valence electrons. The second-order valence-electron chi connectivity index (χ2n) is 10.9. The summed E-state index contributed by atoms with van der Waals surface area (Å²) in [6, 6.07) is 54.4. The van der Waals surface area contributed by atoms with Gasteiger partial charge in [-0.2, -0.15) is 0 Å². The van der Waals surface area contributed by atoms with Gasteiger partial charge in [-0.15, -0.1) is 0 Å². The fourth-order valence-corrected chi connectivity index (χ4v) is 6.71. The molecule has 1 aromatic heterocycles. The SMILES string of the molecule is c1ccc(N(c2ccc3oc4ccc5ccccc5c4c3c2)c2cc3ccccc3c3ccc4ccccc4c23)cc1. The van der Waals surface area contributed by atoms with Crippen LogP contribution in [0.1, 0.15) is 0 Å². The third-order valence-electron chi connectivity index (χ3n) is 8.59. The molecule has 42 heavy (non-hydrogen) atoms. The van der Waals surface area contributed by atoms with Gasteiger partial charge in [-0.3, -0.25) is 0 Å². The highest BCUT2D eigenvalue weighted by Gasteiger charge is 2.20. The van der Waals surface area contributed by atoms with Crippen LogP contribution in [0.2, 0.25) is 0 Å². The maximum atomic E-state index is 6.37. The lowest BCUT2D eigenvalue weighted by molar-refractivity contribution is 0.669. The van der Waals surface area contributed by atoms with Crippen LogP contribution in [-0.4, -0.2) is 0 Å². The molecule has 0 amide bonds. The largest absolute Gasteiger partial charge is 0.456 e. The van der Waals surface area contributed by atoms with Gasteiger partial charge in [-0.05, 0) is 80.2 Å². The molecule has 0 spiro atoms. The average Bonchev–Trinajstić information content (AvgIpc) is 3.44. The Bertz CT molecular complexity index is 2470. The van der Waals surface area contributed by atoms with E-state index in [0.29, 0.717) is 0 Å². The van der Waals surface area contributed by atoms with Crippen LogP contribution < -0.4 is 4.90 Å². The Balaban J connectivity index is 1.42. The van der Waals surface area contributed by atoms with Gasteiger partial charge in [0.1, 0.15) is 11.2 Å². The van der Waals surface area contributed by atoms with Gasteiger partial charge in [-0.1, -0.05) is 109 Å². The Hall–Kier alpha value is -5.60. The van der Waals surface area contributed by atoms with Crippen molar-refractivity contribution in [3.63, 3.8) is 0 Å². The molecule has 0 atom stereocenters. The molecule has 1 heterocycles. The minimum Gasteiger partial charge on any atom is -0.456 e. The highest BCUT2D eigenvalue weighted by Crippen LogP contribution is 2.46. The van der Waals surface area contributed by atoms with Crippen molar-refractivity contribution in [2.75, 3.05) is 4.90 Å². The Morgan fingerprint density at radius 1 is 0.357 bits per heavy atom. The second-order valence-corrected chi connectivity index (χ2v) is 10.9. The predicted molar refractivity (Wildman–Crippen MR) is 178 cm³/mol. The van der Waals surface area contributed by atoms with E-state index in [9.17, 15) is 0 Å². The summed E-state index contributed by atoms with van der Waals surface area (Å²) < 4.78 is 6.37. The summed E-state index contributed by atoms with van der Waals surface area (Å²) in [5.74, 6) is 0. The van der Waals surface area contributed by atoms with Crippen LogP contribution in [-0.2, 0) is 0 Å². The number of hydrogen-bond acceptors (Lipinski definition) is 2. The van der Waals surface area contributed by atoms with Crippen LogP contribution in [0, 0.1) is 0 Å². The van der Waals surface area contributed by atoms with Gasteiger partial charge in [-0.25, -0.2) is 0 Å². The molecule has 0 saturated carbocycles. The summed E-state index contributed by atoms with van der Waals surface area (Å²) in [7, 11) is 0. The number of furan rings is 1. The Morgan fingerprint density at radius 2 is 0.976 bits per heavy atom. The predicted octanol–water partition coefficient (Wildman–Crippen LogP) is 11.7. The summed E-state index contributed by atoms with van der Waals surface area (Å²) in [5.41, 5.74) is 5.16. The van der Waals surface area contributed by atoms with E-state index in [1.165, 1.54) is 43.1 Å². The topological polar surface area (TPSA) is 16.4 Å². The van der Waals surface area contributed by atoms with Gasteiger partial charge in [0.05, 0.1) is 5.69 Å². The van der Waals surface area contributed by atoms with Crippen LogP contribution >= 0.6 is 0 Å².